The Bertz CT molecular complexity index is 114. The molecule has 0 N–H and O–H groups in total. The van der Waals surface area contributed by atoms with Crippen LogP contribution in [0.25, 0.3) is 0 Å². The summed E-state index contributed by atoms with van der Waals surface area (Å²) < 4.78 is 1.93. The first-order chi connectivity index (χ1) is 3.72. The fourth-order valence-corrected chi connectivity index (χ4v) is 0.883. The minimum Gasteiger partial charge on any atom is -0.258 e. The van der Waals surface area contributed by atoms with Crippen molar-refractivity contribution in [2.24, 2.45) is 4.99 Å². The first-order valence-corrected chi connectivity index (χ1v) is 3.49. The van der Waals surface area contributed by atoms with Crippen molar-refractivity contribution in [1.82, 2.24) is 0 Å². The Morgan fingerprint density at radius 1 is 1.62 bits per heavy atom. The Balaban J connectivity index is 4.07. The van der Waals surface area contributed by atoms with E-state index in [9.17, 15) is 0 Å². The van der Waals surface area contributed by atoms with Gasteiger partial charge < -0.3 is 0 Å². The molecule has 0 unspecified atom stereocenters. The van der Waals surface area contributed by atoms with E-state index in [4.69, 9.17) is 0 Å². The van der Waals surface area contributed by atoms with Crippen LogP contribution in [-0.4, -0.2) is 36.8 Å². The van der Waals surface area contributed by atoms with Crippen LogP contribution in [0.1, 0.15) is 0 Å². The normalized spacial score (nSPS) is 8.38. The van der Waals surface area contributed by atoms with Gasteiger partial charge in [0, 0.05) is 0 Å². The van der Waals surface area contributed by atoms with Crippen molar-refractivity contribution in [2.45, 2.75) is 0 Å². The van der Waals surface area contributed by atoms with Crippen molar-refractivity contribution in [1.29, 1.82) is 0 Å². The summed E-state index contributed by atoms with van der Waals surface area (Å²) in [6.07, 6.45) is 1.98. The Morgan fingerprint density at radius 3 is 2.12 bits per heavy atom. The van der Waals surface area contributed by atoms with Gasteiger partial charge in [-0.1, -0.05) is 4.99 Å². The summed E-state index contributed by atoms with van der Waals surface area (Å²) in [6, 6.07) is 0. The summed E-state index contributed by atoms with van der Waals surface area (Å²) in [4.78, 5) is 3.76. The van der Waals surface area contributed by atoms with E-state index in [1.165, 1.54) is 0 Å². The van der Waals surface area contributed by atoms with E-state index in [0.717, 1.165) is 5.17 Å². The molecule has 0 aliphatic heterocycles. The Labute approximate surface area is 54.3 Å². The van der Waals surface area contributed by atoms with Gasteiger partial charge in [0.25, 0.3) is 0 Å². The molecular formula is C5H11N2S+. The molecule has 0 spiro atoms. The third-order valence-corrected chi connectivity index (χ3v) is 1.56. The molecule has 0 amide bonds. The number of amidine groups is 1. The van der Waals surface area contributed by atoms with Gasteiger partial charge in [-0.15, -0.1) is 0 Å². The summed E-state index contributed by atoms with van der Waals surface area (Å²) in [5, 5.41) is 0.949. The molecule has 2 nitrogen and oxygen atoms in total. The molecule has 0 saturated carbocycles. The van der Waals surface area contributed by atoms with E-state index in [1.807, 2.05) is 24.9 Å². The van der Waals surface area contributed by atoms with Crippen molar-refractivity contribution in [3.63, 3.8) is 0 Å². The first kappa shape index (κ1) is 7.69. The van der Waals surface area contributed by atoms with Crippen molar-refractivity contribution in [3.8, 4) is 0 Å². The maximum atomic E-state index is 3.76. The van der Waals surface area contributed by atoms with Crippen LogP contribution in [0, 0.1) is 0 Å². The summed E-state index contributed by atoms with van der Waals surface area (Å²) in [5.74, 6) is 0. The van der Waals surface area contributed by atoms with Crippen LogP contribution < -0.4 is 0 Å². The average Bonchev–Trinajstić information content (AvgIpc) is 1.69. The molecule has 0 fully saturated rings. The number of hydrogen-bond donors (Lipinski definition) is 0. The van der Waals surface area contributed by atoms with Gasteiger partial charge in [-0.3, -0.25) is 4.58 Å². The van der Waals surface area contributed by atoms with Crippen molar-refractivity contribution >= 4 is 23.6 Å². The standard InChI is InChI=1S/C5H11N2S/c1-6-5(8-4)7(2)3/h1H2,2-4H3/q+1. The van der Waals surface area contributed by atoms with Crippen LogP contribution in [0.3, 0.4) is 0 Å². The number of nitrogens with zero attached hydrogens (tertiary/aromatic N) is 2. The van der Waals surface area contributed by atoms with Crippen molar-refractivity contribution < 1.29 is 4.58 Å². The van der Waals surface area contributed by atoms with E-state index in [0.29, 0.717) is 0 Å². The van der Waals surface area contributed by atoms with E-state index >= 15 is 0 Å². The third kappa shape index (κ3) is 2.12. The second-order valence-corrected chi connectivity index (χ2v) is 2.31. The molecule has 8 heavy (non-hydrogen) atoms. The van der Waals surface area contributed by atoms with E-state index in [1.54, 1.807) is 11.8 Å². The monoisotopic (exact) mass is 131 g/mol. The second kappa shape index (κ2) is 3.66. The van der Waals surface area contributed by atoms with Crippen LogP contribution in [0.15, 0.2) is 4.99 Å². The highest BCUT2D eigenvalue weighted by atomic mass is 32.2. The zero-order valence-electron chi connectivity index (χ0n) is 5.51. The van der Waals surface area contributed by atoms with Crippen LogP contribution in [0.2, 0.25) is 0 Å². The van der Waals surface area contributed by atoms with E-state index in [-0.39, 0.29) is 0 Å². The molecular weight excluding hydrogens is 120 g/mol. The van der Waals surface area contributed by atoms with Crippen LogP contribution in [0.5, 0.6) is 0 Å². The van der Waals surface area contributed by atoms with E-state index < -0.39 is 0 Å². The van der Waals surface area contributed by atoms with Gasteiger partial charge in [-0.2, -0.15) is 0 Å². The predicted molar refractivity (Wildman–Crippen MR) is 40.2 cm³/mol. The van der Waals surface area contributed by atoms with Gasteiger partial charge in [0.05, 0.1) is 14.1 Å². The third-order valence-electron chi connectivity index (χ3n) is 0.700. The lowest BCUT2D eigenvalue weighted by atomic mass is 11.0. The SMILES string of the molecule is C=NC(SC)=[N+](C)C. The highest BCUT2D eigenvalue weighted by Crippen LogP contribution is 1.95. The first-order valence-electron chi connectivity index (χ1n) is 2.27. The zero-order chi connectivity index (χ0) is 6.57. The minimum absolute atomic E-state index is 0.949. The van der Waals surface area contributed by atoms with Gasteiger partial charge >= 0.3 is 5.17 Å². The molecule has 0 atom stereocenters. The van der Waals surface area contributed by atoms with Crippen LogP contribution >= 0.6 is 11.8 Å². The second-order valence-electron chi connectivity index (χ2n) is 1.54. The van der Waals surface area contributed by atoms with Crippen LogP contribution in [0.4, 0.5) is 0 Å². The zero-order valence-corrected chi connectivity index (χ0v) is 6.33. The molecule has 0 rings (SSSR count). The number of aliphatic imine (C=N–C) groups is 1. The summed E-state index contributed by atoms with van der Waals surface area (Å²) >= 11 is 1.59. The lowest BCUT2D eigenvalue weighted by molar-refractivity contribution is -0.462. The molecule has 0 saturated heterocycles. The fraction of sp³-hybridized carbons (Fsp3) is 0.600. The lowest BCUT2D eigenvalue weighted by Crippen LogP contribution is -2.05. The maximum absolute atomic E-state index is 3.76. The summed E-state index contributed by atoms with van der Waals surface area (Å²) in [7, 11) is 3.89. The Hall–Kier alpha value is -0.310. The van der Waals surface area contributed by atoms with E-state index in [2.05, 4.69) is 11.7 Å². The molecule has 0 aromatic rings. The number of rotatable bonds is 0. The van der Waals surface area contributed by atoms with Gasteiger partial charge in [-0.05, 0) is 18.0 Å². The number of thioether (sulfide) groups is 1. The molecule has 46 valence electrons. The molecule has 0 radical (unpaired) electrons. The maximum Gasteiger partial charge on any atom is 0.353 e. The quantitative estimate of drug-likeness (QED) is 0.268. The molecule has 3 heteroatoms. The molecule has 0 aliphatic rings. The molecule has 0 aliphatic carbocycles. The Kier molecular flexibility index (Phi) is 3.52. The van der Waals surface area contributed by atoms with Gasteiger partial charge in [0.1, 0.15) is 6.72 Å². The minimum atomic E-state index is 0.949. The topological polar surface area (TPSA) is 15.4 Å². The smallest absolute Gasteiger partial charge is 0.258 e. The van der Waals surface area contributed by atoms with Crippen molar-refractivity contribution in [3.05, 3.63) is 0 Å². The lowest BCUT2D eigenvalue weighted by Gasteiger charge is -1.88. The highest BCUT2D eigenvalue weighted by molar-refractivity contribution is 8.13. The molecule has 0 heterocycles. The predicted octanol–water partition coefficient (Wildman–Crippen LogP) is 0.678. The summed E-state index contributed by atoms with van der Waals surface area (Å²) in [6.45, 7) is 3.40. The van der Waals surface area contributed by atoms with Gasteiger partial charge in [-0.25, -0.2) is 0 Å². The van der Waals surface area contributed by atoms with Gasteiger partial charge in [0.15, 0.2) is 0 Å². The Morgan fingerprint density at radius 2 is 2.12 bits per heavy atom. The molecule has 0 aromatic heterocycles. The largest absolute Gasteiger partial charge is 0.353 e. The summed E-state index contributed by atoms with van der Waals surface area (Å²) in [5.41, 5.74) is 0. The average molecular weight is 131 g/mol. The fourth-order valence-electron chi connectivity index (χ4n) is 0.389. The number of hydrogen-bond acceptors (Lipinski definition) is 1. The molecule has 0 bridgehead atoms. The van der Waals surface area contributed by atoms with Crippen molar-refractivity contribution in [2.75, 3.05) is 20.4 Å². The highest BCUT2D eigenvalue weighted by Gasteiger charge is 1.99. The molecule has 0 aromatic carbocycles. The van der Waals surface area contributed by atoms with Crippen LogP contribution in [-0.2, 0) is 0 Å². The van der Waals surface area contributed by atoms with Gasteiger partial charge in [0.2, 0.25) is 0 Å².